The van der Waals surface area contributed by atoms with Gasteiger partial charge in [0.05, 0.1) is 6.07 Å². The summed E-state index contributed by atoms with van der Waals surface area (Å²) in [4.78, 5) is 30.9. The summed E-state index contributed by atoms with van der Waals surface area (Å²) in [6, 6.07) is 19.0. The third-order valence-corrected chi connectivity index (χ3v) is 5.92. The lowest BCUT2D eigenvalue weighted by atomic mass is 9.99. The second kappa shape index (κ2) is 9.61. The van der Waals surface area contributed by atoms with Gasteiger partial charge in [0.25, 0.3) is 0 Å². The molecule has 0 saturated heterocycles. The number of carbonyl (C=O) groups excluding carboxylic acids is 2. The van der Waals surface area contributed by atoms with Crippen LogP contribution in [0, 0.1) is 17.2 Å². The molecule has 4 rings (SSSR count). The Morgan fingerprint density at radius 2 is 1.84 bits per heavy atom. The van der Waals surface area contributed by atoms with Gasteiger partial charge in [0.2, 0.25) is 11.7 Å². The third kappa shape index (κ3) is 4.33. The zero-order valence-electron chi connectivity index (χ0n) is 18.2. The zero-order chi connectivity index (χ0) is 22.5. The smallest absolute Gasteiger partial charge is 0.249 e. The number of nitriles is 1. The summed E-state index contributed by atoms with van der Waals surface area (Å²) in [7, 11) is 0. The Morgan fingerprint density at radius 1 is 1.09 bits per heavy atom. The summed E-state index contributed by atoms with van der Waals surface area (Å²) >= 11 is 0. The largest absolute Gasteiger partial charge is 0.327 e. The van der Waals surface area contributed by atoms with Crippen LogP contribution in [0.5, 0.6) is 0 Å². The number of carbonyl (C=O) groups is 2. The van der Waals surface area contributed by atoms with Gasteiger partial charge >= 0.3 is 0 Å². The van der Waals surface area contributed by atoms with E-state index in [1.807, 2.05) is 48.5 Å². The Bertz CT molecular complexity index is 1160. The highest BCUT2D eigenvalue weighted by Gasteiger charge is 2.33. The van der Waals surface area contributed by atoms with Crippen molar-refractivity contribution < 1.29 is 9.59 Å². The van der Waals surface area contributed by atoms with Gasteiger partial charge in [0.15, 0.2) is 5.92 Å². The molecule has 162 valence electrons. The van der Waals surface area contributed by atoms with Crippen LogP contribution < -0.4 is 5.32 Å². The van der Waals surface area contributed by atoms with Gasteiger partial charge in [-0.1, -0.05) is 55.8 Å². The molecule has 0 bridgehead atoms. The molecule has 2 aromatic carbocycles. The van der Waals surface area contributed by atoms with Gasteiger partial charge in [-0.15, -0.1) is 0 Å². The number of benzene rings is 2. The topological polar surface area (TPSA) is 87.8 Å². The molecule has 0 aliphatic carbocycles. The second-order valence-electron chi connectivity index (χ2n) is 8.03. The Kier molecular flexibility index (Phi) is 6.46. The molecule has 2 heterocycles. The van der Waals surface area contributed by atoms with Crippen molar-refractivity contribution in [1.29, 1.82) is 5.26 Å². The molecule has 6 nitrogen and oxygen atoms in total. The fraction of sp³-hybridized carbons (Fsp3) is 0.308. The molecule has 1 aliphatic rings. The number of Topliss-reactive ketones (excluding diaryl/α,β-unsaturated/α-hetero) is 1. The molecule has 1 amide bonds. The first-order valence-electron chi connectivity index (χ1n) is 11.1. The van der Waals surface area contributed by atoms with Crippen molar-refractivity contribution in [3.8, 4) is 17.5 Å². The summed E-state index contributed by atoms with van der Waals surface area (Å²) in [5, 5.41) is 12.4. The lowest BCUT2D eigenvalue weighted by Gasteiger charge is -2.11. The molecule has 1 aliphatic heterocycles. The number of anilines is 1. The second-order valence-corrected chi connectivity index (χ2v) is 8.03. The number of nitrogens with one attached hydrogen (secondary N) is 1. The number of amides is 1. The fourth-order valence-corrected chi connectivity index (χ4v) is 4.14. The number of nitrogens with zero attached hydrogens (tertiary/aromatic N) is 3. The summed E-state index contributed by atoms with van der Waals surface area (Å²) in [5.41, 5.74) is 3.70. The first-order valence-corrected chi connectivity index (χ1v) is 11.1. The van der Waals surface area contributed by atoms with E-state index in [0.29, 0.717) is 12.1 Å². The van der Waals surface area contributed by atoms with Crippen LogP contribution in [0.25, 0.3) is 11.4 Å². The van der Waals surface area contributed by atoms with Crippen molar-refractivity contribution in [3.05, 3.63) is 71.5 Å². The minimum atomic E-state index is -1.45. The van der Waals surface area contributed by atoms with E-state index in [0.717, 1.165) is 54.9 Å². The SMILES string of the molecule is CCc1ccc(NC(=O)C(C#N)C(=O)c2nc(-c3ccccc3)n3c2CCCCC3)cc1. The molecule has 0 spiro atoms. The number of imidazole rings is 1. The standard InChI is InChI=1S/C26H26N4O2/c1-2-18-12-14-20(15-13-18)28-26(32)21(17-27)24(31)23-22-11-7-4-8-16-30(22)25(29-23)19-9-5-3-6-10-19/h3,5-6,9-10,12-15,21H,2,4,7-8,11,16H2,1H3,(H,28,32). The van der Waals surface area contributed by atoms with Gasteiger partial charge in [0, 0.05) is 23.5 Å². The molecule has 0 radical (unpaired) electrons. The van der Waals surface area contributed by atoms with Crippen molar-refractivity contribution in [2.24, 2.45) is 5.92 Å². The fourth-order valence-electron chi connectivity index (χ4n) is 4.14. The number of fused-ring (bicyclic) bond motifs is 1. The summed E-state index contributed by atoms with van der Waals surface area (Å²) in [5.74, 6) is -1.90. The van der Waals surface area contributed by atoms with E-state index in [2.05, 4.69) is 21.8 Å². The first-order chi connectivity index (χ1) is 15.6. The molecular formula is C26H26N4O2. The van der Waals surface area contributed by atoms with Crippen molar-refractivity contribution >= 4 is 17.4 Å². The van der Waals surface area contributed by atoms with E-state index < -0.39 is 17.6 Å². The van der Waals surface area contributed by atoms with Gasteiger partial charge in [-0.3, -0.25) is 9.59 Å². The van der Waals surface area contributed by atoms with Crippen LogP contribution in [-0.4, -0.2) is 21.2 Å². The molecular weight excluding hydrogens is 400 g/mol. The maximum absolute atomic E-state index is 13.4. The highest BCUT2D eigenvalue weighted by Crippen LogP contribution is 2.28. The van der Waals surface area contributed by atoms with Crippen LogP contribution in [0.2, 0.25) is 0 Å². The van der Waals surface area contributed by atoms with Gasteiger partial charge in [0.1, 0.15) is 11.5 Å². The van der Waals surface area contributed by atoms with E-state index in [1.165, 1.54) is 0 Å². The number of aryl methyl sites for hydroxylation is 1. The van der Waals surface area contributed by atoms with Crippen LogP contribution >= 0.6 is 0 Å². The molecule has 0 fully saturated rings. The van der Waals surface area contributed by atoms with Crippen LogP contribution in [0.3, 0.4) is 0 Å². The van der Waals surface area contributed by atoms with Gasteiger partial charge in [-0.25, -0.2) is 4.98 Å². The first kappa shape index (κ1) is 21.5. The monoisotopic (exact) mass is 426 g/mol. The molecule has 1 N–H and O–H groups in total. The molecule has 0 saturated carbocycles. The van der Waals surface area contributed by atoms with E-state index in [1.54, 1.807) is 12.1 Å². The van der Waals surface area contributed by atoms with Crippen molar-refractivity contribution in [2.75, 3.05) is 5.32 Å². The summed E-state index contributed by atoms with van der Waals surface area (Å²) in [6.45, 7) is 2.82. The minimum Gasteiger partial charge on any atom is -0.327 e. The molecule has 3 aromatic rings. The van der Waals surface area contributed by atoms with E-state index in [-0.39, 0.29) is 5.69 Å². The summed E-state index contributed by atoms with van der Waals surface area (Å²) < 4.78 is 2.09. The lowest BCUT2D eigenvalue weighted by Crippen LogP contribution is -2.29. The molecule has 6 heteroatoms. The molecule has 1 atom stereocenters. The number of hydrogen-bond acceptors (Lipinski definition) is 4. The Balaban J connectivity index is 1.65. The summed E-state index contributed by atoms with van der Waals surface area (Å²) in [6.07, 6.45) is 4.63. The predicted molar refractivity (Wildman–Crippen MR) is 123 cm³/mol. The van der Waals surface area contributed by atoms with Gasteiger partial charge in [-0.2, -0.15) is 5.26 Å². The van der Waals surface area contributed by atoms with Gasteiger partial charge < -0.3 is 9.88 Å². The minimum absolute atomic E-state index is 0.244. The number of aromatic nitrogens is 2. The van der Waals surface area contributed by atoms with E-state index >= 15 is 0 Å². The third-order valence-electron chi connectivity index (χ3n) is 5.92. The van der Waals surface area contributed by atoms with Crippen LogP contribution in [0.1, 0.15) is 47.9 Å². The predicted octanol–water partition coefficient (Wildman–Crippen LogP) is 4.80. The van der Waals surface area contributed by atoms with Crippen LogP contribution in [-0.2, 0) is 24.2 Å². The van der Waals surface area contributed by atoms with Crippen LogP contribution in [0.15, 0.2) is 54.6 Å². The lowest BCUT2D eigenvalue weighted by molar-refractivity contribution is -0.117. The zero-order valence-corrected chi connectivity index (χ0v) is 18.2. The van der Waals surface area contributed by atoms with E-state index in [9.17, 15) is 14.9 Å². The number of ketones is 1. The van der Waals surface area contributed by atoms with Crippen molar-refractivity contribution in [3.63, 3.8) is 0 Å². The highest BCUT2D eigenvalue weighted by molar-refractivity contribution is 6.15. The maximum atomic E-state index is 13.4. The average molecular weight is 427 g/mol. The van der Waals surface area contributed by atoms with Crippen molar-refractivity contribution in [2.45, 2.75) is 45.6 Å². The quantitative estimate of drug-likeness (QED) is 0.453. The molecule has 1 unspecified atom stereocenters. The average Bonchev–Trinajstić information content (AvgIpc) is 3.01. The van der Waals surface area contributed by atoms with Gasteiger partial charge in [-0.05, 0) is 43.4 Å². The Morgan fingerprint density at radius 3 is 2.53 bits per heavy atom. The number of hydrogen-bond donors (Lipinski definition) is 1. The number of rotatable bonds is 6. The Labute approximate surface area is 187 Å². The molecule has 32 heavy (non-hydrogen) atoms. The maximum Gasteiger partial charge on any atom is 0.249 e. The molecule has 1 aromatic heterocycles. The normalized spacial score (nSPS) is 14.0. The van der Waals surface area contributed by atoms with Crippen molar-refractivity contribution in [1.82, 2.24) is 9.55 Å². The highest BCUT2D eigenvalue weighted by atomic mass is 16.2. The van der Waals surface area contributed by atoms with Crippen LogP contribution in [0.4, 0.5) is 5.69 Å². The van der Waals surface area contributed by atoms with E-state index in [4.69, 9.17) is 0 Å². The Hall–Kier alpha value is -3.72.